The van der Waals surface area contributed by atoms with Crippen molar-refractivity contribution in [3.8, 4) is 0 Å². The molecule has 0 bridgehead atoms. The molecule has 1 fully saturated rings. The highest BCUT2D eigenvalue weighted by Crippen LogP contribution is 2.18. The SMILES string of the molecule is CN(C)CC1CCN(CC(=O)c2ccco2)CC1. The van der Waals surface area contributed by atoms with Gasteiger partial charge < -0.3 is 9.32 Å². The van der Waals surface area contributed by atoms with Crippen LogP contribution >= 0.6 is 0 Å². The van der Waals surface area contributed by atoms with E-state index in [1.807, 2.05) is 0 Å². The van der Waals surface area contributed by atoms with Crippen LogP contribution in [0, 0.1) is 5.92 Å². The molecule has 1 aromatic rings. The second-order valence-corrected chi connectivity index (χ2v) is 5.38. The Balaban J connectivity index is 1.75. The fourth-order valence-corrected chi connectivity index (χ4v) is 2.56. The molecule has 1 aromatic heterocycles. The fourth-order valence-electron chi connectivity index (χ4n) is 2.56. The molecule has 2 rings (SSSR count). The maximum absolute atomic E-state index is 11.9. The first-order valence-corrected chi connectivity index (χ1v) is 6.59. The molecule has 1 aliphatic heterocycles. The summed E-state index contributed by atoms with van der Waals surface area (Å²) in [4.78, 5) is 16.4. The molecule has 0 saturated carbocycles. The van der Waals surface area contributed by atoms with Crippen molar-refractivity contribution in [1.82, 2.24) is 9.80 Å². The predicted octanol–water partition coefficient (Wildman–Crippen LogP) is 1.74. The highest BCUT2D eigenvalue weighted by Gasteiger charge is 2.22. The van der Waals surface area contributed by atoms with Crippen molar-refractivity contribution < 1.29 is 9.21 Å². The smallest absolute Gasteiger partial charge is 0.211 e. The number of ketones is 1. The third-order valence-corrected chi connectivity index (χ3v) is 3.49. The largest absolute Gasteiger partial charge is 0.461 e. The Kier molecular flexibility index (Phi) is 4.55. The minimum atomic E-state index is 0.0889. The van der Waals surface area contributed by atoms with Crippen molar-refractivity contribution in [2.45, 2.75) is 12.8 Å². The quantitative estimate of drug-likeness (QED) is 0.746. The first-order chi connectivity index (χ1) is 8.65. The summed E-state index contributed by atoms with van der Waals surface area (Å²) in [5, 5.41) is 0. The number of piperidine rings is 1. The molecule has 1 aliphatic rings. The lowest BCUT2D eigenvalue weighted by Gasteiger charge is -2.32. The molecule has 1 saturated heterocycles. The zero-order valence-electron chi connectivity index (χ0n) is 11.3. The van der Waals surface area contributed by atoms with Gasteiger partial charge in [-0.2, -0.15) is 0 Å². The van der Waals surface area contributed by atoms with Crippen LogP contribution in [0.1, 0.15) is 23.4 Å². The van der Waals surface area contributed by atoms with Gasteiger partial charge in [0, 0.05) is 6.54 Å². The van der Waals surface area contributed by atoms with E-state index >= 15 is 0 Å². The van der Waals surface area contributed by atoms with Crippen LogP contribution in [0.2, 0.25) is 0 Å². The lowest BCUT2D eigenvalue weighted by Crippen LogP contribution is -2.39. The van der Waals surface area contributed by atoms with Gasteiger partial charge in [-0.3, -0.25) is 9.69 Å². The Labute approximate surface area is 109 Å². The molecule has 2 heterocycles. The van der Waals surface area contributed by atoms with Gasteiger partial charge in [-0.1, -0.05) is 0 Å². The van der Waals surface area contributed by atoms with Crippen LogP contribution in [0.4, 0.5) is 0 Å². The summed E-state index contributed by atoms with van der Waals surface area (Å²) in [6.07, 6.45) is 3.92. The van der Waals surface area contributed by atoms with E-state index in [-0.39, 0.29) is 5.78 Å². The fraction of sp³-hybridized carbons (Fsp3) is 0.643. The second kappa shape index (κ2) is 6.16. The summed E-state index contributed by atoms with van der Waals surface area (Å²) >= 11 is 0. The van der Waals surface area contributed by atoms with Crippen molar-refractivity contribution in [2.24, 2.45) is 5.92 Å². The van der Waals surface area contributed by atoms with Crippen LogP contribution in [-0.2, 0) is 0 Å². The monoisotopic (exact) mass is 250 g/mol. The standard InChI is InChI=1S/C14H22N2O2/c1-15(2)10-12-5-7-16(8-6-12)11-13(17)14-4-3-9-18-14/h3-4,9,12H,5-8,10-11H2,1-2H3. The lowest BCUT2D eigenvalue weighted by atomic mass is 9.96. The Bertz CT molecular complexity index is 365. The van der Waals surface area contributed by atoms with E-state index in [0.717, 1.165) is 25.6 Å². The molecule has 0 radical (unpaired) electrons. The number of nitrogens with zero attached hydrogens (tertiary/aromatic N) is 2. The van der Waals surface area contributed by atoms with Gasteiger partial charge in [0.25, 0.3) is 0 Å². The minimum absolute atomic E-state index is 0.0889. The summed E-state index contributed by atoms with van der Waals surface area (Å²) in [6, 6.07) is 3.50. The van der Waals surface area contributed by atoms with Gasteiger partial charge in [-0.15, -0.1) is 0 Å². The molecular formula is C14H22N2O2. The molecule has 100 valence electrons. The molecule has 4 nitrogen and oxygen atoms in total. The van der Waals surface area contributed by atoms with Crippen LogP contribution in [0.5, 0.6) is 0 Å². The Hall–Kier alpha value is -1.13. The first-order valence-electron chi connectivity index (χ1n) is 6.59. The normalized spacial score (nSPS) is 18.4. The summed E-state index contributed by atoms with van der Waals surface area (Å²) < 4.78 is 5.13. The second-order valence-electron chi connectivity index (χ2n) is 5.38. The highest BCUT2D eigenvalue weighted by atomic mass is 16.3. The zero-order chi connectivity index (χ0) is 13.0. The number of Topliss-reactive ketones (excluding diaryl/α,β-unsaturated/α-hetero) is 1. The zero-order valence-corrected chi connectivity index (χ0v) is 11.3. The molecule has 0 N–H and O–H groups in total. The van der Waals surface area contributed by atoms with Crippen molar-refractivity contribution in [1.29, 1.82) is 0 Å². The van der Waals surface area contributed by atoms with Gasteiger partial charge in [-0.25, -0.2) is 0 Å². The van der Waals surface area contributed by atoms with E-state index in [9.17, 15) is 4.79 Å². The van der Waals surface area contributed by atoms with Gasteiger partial charge in [0.1, 0.15) is 0 Å². The number of rotatable bonds is 5. The number of likely N-dealkylation sites (tertiary alicyclic amines) is 1. The van der Waals surface area contributed by atoms with E-state index in [1.54, 1.807) is 18.4 Å². The first kappa shape index (κ1) is 13.3. The van der Waals surface area contributed by atoms with Gasteiger partial charge in [0.05, 0.1) is 12.8 Å². The van der Waals surface area contributed by atoms with Gasteiger partial charge in [-0.05, 0) is 58.1 Å². The van der Waals surface area contributed by atoms with Gasteiger partial charge in [0.2, 0.25) is 5.78 Å². The van der Waals surface area contributed by atoms with Crippen molar-refractivity contribution >= 4 is 5.78 Å². The number of carbonyl (C=O) groups is 1. The highest BCUT2D eigenvalue weighted by molar-refractivity contribution is 5.94. The number of carbonyl (C=O) groups excluding carboxylic acids is 1. The van der Waals surface area contributed by atoms with Crippen LogP contribution in [-0.4, -0.2) is 55.9 Å². The number of furan rings is 1. The summed E-state index contributed by atoms with van der Waals surface area (Å²) in [5.41, 5.74) is 0. The molecule has 0 atom stereocenters. The summed E-state index contributed by atoms with van der Waals surface area (Å²) in [5.74, 6) is 1.34. The molecule has 0 spiro atoms. The van der Waals surface area contributed by atoms with Gasteiger partial charge in [0.15, 0.2) is 5.76 Å². The molecule has 0 aliphatic carbocycles. The predicted molar refractivity (Wildman–Crippen MR) is 70.8 cm³/mol. The third-order valence-electron chi connectivity index (χ3n) is 3.49. The summed E-state index contributed by atoms with van der Waals surface area (Å²) in [7, 11) is 4.24. The average molecular weight is 250 g/mol. The van der Waals surface area contributed by atoms with Crippen LogP contribution in [0.3, 0.4) is 0 Å². The molecule has 0 aromatic carbocycles. The van der Waals surface area contributed by atoms with Crippen LogP contribution in [0.15, 0.2) is 22.8 Å². The average Bonchev–Trinajstić information content (AvgIpc) is 2.84. The Morgan fingerprint density at radius 1 is 1.44 bits per heavy atom. The topological polar surface area (TPSA) is 36.7 Å². The molecule has 4 heteroatoms. The van der Waals surface area contributed by atoms with E-state index < -0.39 is 0 Å². The Morgan fingerprint density at radius 3 is 2.72 bits per heavy atom. The number of hydrogen-bond donors (Lipinski definition) is 0. The maximum atomic E-state index is 11.9. The maximum Gasteiger partial charge on any atom is 0.211 e. The van der Waals surface area contributed by atoms with Crippen molar-refractivity contribution in [2.75, 3.05) is 40.3 Å². The molecule has 0 amide bonds. The van der Waals surface area contributed by atoms with Crippen molar-refractivity contribution in [3.05, 3.63) is 24.2 Å². The minimum Gasteiger partial charge on any atom is -0.461 e. The molecule has 0 unspecified atom stereocenters. The van der Waals surface area contributed by atoms with Gasteiger partial charge >= 0.3 is 0 Å². The van der Waals surface area contributed by atoms with E-state index in [1.165, 1.54) is 12.8 Å². The Morgan fingerprint density at radius 2 is 2.17 bits per heavy atom. The van der Waals surface area contributed by atoms with E-state index in [4.69, 9.17) is 4.42 Å². The van der Waals surface area contributed by atoms with E-state index in [0.29, 0.717) is 12.3 Å². The third kappa shape index (κ3) is 3.68. The van der Waals surface area contributed by atoms with Crippen LogP contribution < -0.4 is 0 Å². The van der Waals surface area contributed by atoms with Crippen LogP contribution in [0.25, 0.3) is 0 Å². The molecular weight excluding hydrogens is 228 g/mol. The lowest BCUT2D eigenvalue weighted by molar-refractivity contribution is 0.0859. The van der Waals surface area contributed by atoms with Crippen molar-refractivity contribution in [3.63, 3.8) is 0 Å². The number of hydrogen-bond acceptors (Lipinski definition) is 4. The van der Waals surface area contributed by atoms with E-state index in [2.05, 4.69) is 23.9 Å². The molecule has 18 heavy (non-hydrogen) atoms. The summed E-state index contributed by atoms with van der Waals surface area (Å²) in [6.45, 7) is 3.68.